The minimum Gasteiger partial charge on any atom is -0.456 e. The van der Waals surface area contributed by atoms with Gasteiger partial charge in [-0.1, -0.05) is 44.6 Å². The topological polar surface area (TPSA) is 178 Å². The maximum atomic E-state index is 14.2. The summed E-state index contributed by atoms with van der Waals surface area (Å²) in [7, 11) is 4.60. The second-order valence-corrected chi connectivity index (χ2v) is 16.9. The first-order valence-electron chi connectivity index (χ1n) is 20.4. The summed E-state index contributed by atoms with van der Waals surface area (Å²) in [5.41, 5.74) is 1.61. The molecular formula is C43H67NO12. The van der Waals surface area contributed by atoms with E-state index < -0.39 is 83.9 Å². The van der Waals surface area contributed by atoms with Crippen LogP contribution in [-0.4, -0.2) is 126 Å². The average Bonchev–Trinajstić information content (AvgIpc) is 3.66. The Morgan fingerprint density at radius 1 is 0.946 bits per heavy atom. The lowest BCUT2D eigenvalue weighted by Crippen LogP contribution is -2.63. The predicted molar refractivity (Wildman–Crippen MR) is 208 cm³/mol. The van der Waals surface area contributed by atoms with Crippen molar-refractivity contribution in [2.45, 2.75) is 153 Å². The summed E-state index contributed by atoms with van der Waals surface area (Å²) in [5, 5.41) is 34.0. The van der Waals surface area contributed by atoms with Gasteiger partial charge in [0, 0.05) is 52.0 Å². The predicted octanol–water partition coefficient (Wildman–Crippen LogP) is 4.25. The van der Waals surface area contributed by atoms with E-state index in [0.29, 0.717) is 50.5 Å². The number of rotatable bonds is 7. The Morgan fingerprint density at radius 2 is 1.61 bits per heavy atom. The Bertz CT molecular complexity index is 1460. The number of hydrogen-bond acceptors (Lipinski definition) is 12. The molecule has 4 aliphatic rings. The maximum Gasteiger partial charge on any atom is 0.329 e. The van der Waals surface area contributed by atoms with Gasteiger partial charge in [-0.25, -0.2) is 4.79 Å². The lowest BCUT2D eigenvalue weighted by molar-refractivity contribution is -0.302. The molecule has 3 N–H and O–H groups in total. The number of aliphatic hydroxyl groups is 3. The van der Waals surface area contributed by atoms with Crippen molar-refractivity contribution < 1.29 is 58.2 Å². The molecule has 0 radical (unpaired) electrons. The van der Waals surface area contributed by atoms with Crippen LogP contribution in [0.1, 0.15) is 98.8 Å². The molecule has 0 spiro atoms. The van der Waals surface area contributed by atoms with Gasteiger partial charge in [0.1, 0.15) is 24.0 Å². The minimum absolute atomic E-state index is 0.00899. The summed E-state index contributed by atoms with van der Waals surface area (Å²) in [6, 6.07) is -1.13. The number of methoxy groups -OCH3 is 3. The van der Waals surface area contributed by atoms with Crippen LogP contribution >= 0.6 is 0 Å². The highest BCUT2D eigenvalue weighted by Gasteiger charge is 2.57. The highest BCUT2D eigenvalue weighted by atomic mass is 16.7. The number of ketones is 2. The third kappa shape index (κ3) is 10.6. The van der Waals surface area contributed by atoms with Crippen molar-refractivity contribution in [3.8, 4) is 0 Å². The number of carbonyl (C=O) groups is 4. The molecule has 4 rings (SSSR count). The number of fused-ring (bicyclic) bond motifs is 3. The van der Waals surface area contributed by atoms with E-state index in [1.165, 1.54) is 14.2 Å². The van der Waals surface area contributed by atoms with Crippen LogP contribution in [0.3, 0.4) is 0 Å². The molecule has 3 aliphatic heterocycles. The van der Waals surface area contributed by atoms with E-state index in [-0.39, 0.29) is 49.5 Å². The van der Waals surface area contributed by atoms with Gasteiger partial charge in [-0.15, -0.1) is 6.58 Å². The number of esters is 1. The number of amides is 1. The molecule has 13 nitrogen and oxygen atoms in total. The molecule has 0 aromatic carbocycles. The largest absolute Gasteiger partial charge is 0.456 e. The van der Waals surface area contributed by atoms with Crippen LogP contribution < -0.4 is 0 Å². The van der Waals surface area contributed by atoms with E-state index in [9.17, 15) is 34.5 Å². The van der Waals surface area contributed by atoms with Gasteiger partial charge in [-0.05, 0) is 89.0 Å². The van der Waals surface area contributed by atoms with Gasteiger partial charge in [0.05, 0.1) is 30.5 Å². The van der Waals surface area contributed by atoms with Crippen molar-refractivity contribution >= 4 is 23.4 Å². The smallest absolute Gasteiger partial charge is 0.329 e. The molecule has 0 aromatic rings. The Hall–Kier alpha value is -2.78. The van der Waals surface area contributed by atoms with Crippen LogP contribution in [-0.2, 0) is 42.9 Å². The second-order valence-electron chi connectivity index (χ2n) is 16.9. The highest BCUT2D eigenvalue weighted by Crippen LogP contribution is 2.39. The molecule has 1 aliphatic carbocycles. The fourth-order valence-corrected chi connectivity index (χ4v) is 9.26. The van der Waals surface area contributed by atoms with E-state index in [4.69, 9.17) is 23.7 Å². The average molecular weight is 790 g/mol. The van der Waals surface area contributed by atoms with Crippen molar-refractivity contribution in [3.05, 3.63) is 36.0 Å². The summed E-state index contributed by atoms with van der Waals surface area (Å²) in [5.74, 6) is -7.76. The number of aliphatic hydroxyl groups excluding tert-OH is 2. The molecule has 316 valence electrons. The molecule has 2 saturated heterocycles. The Morgan fingerprint density at radius 3 is 2.25 bits per heavy atom. The molecule has 3 heterocycles. The number of nitrogens with zero attached hydrogens (tertiary/aromatic N) is 1. The van der Waals surface area contributed by atoms with Crippen molar-refractivity contribution in [2.75, 3.05) is 27.9 Å². The zero-order chi connectivity index (χ0) is 41.5. The van der Waals surface area contributed by atoms with Crippen LogP contribution in [0.15, 0.2) is 36.0 Å². The standard InChI is InChI=1S/C43H67NO12/c1-10-12-30-18-24(2)17-25(3)19-36(53-8)39-37(54-9)21-27(5)43(51,56-39)40(48)41(49)44-16-11-13-31(44)42(50)55-38(28(6)33(46)23-34(30)47)26(4)20-29-14-15-32(45)35(22-29)52-7/h10,18,20,25,27-33,35-39,45-46,51H,1,11-17,19,21-23H2,2-9H3/b24-18+,26-20+/t25-,27+,28+,29?,30+,31-,32+,33-,35+,36-,37-,38+,39+,43+/m0/s1. The van der Waals surface area contributed by atoms with E-state index in [1.807, 2.05) is 26.0 Å². The molecule has 56 heavy (non-hydrogen) atoms. The first-order valence-corrected chi connectivity index (χ1v) is 20.4. The Kier molecular flexibility index (Phi) is 16.6. The van der Waals surface area contributed by atoms with Gasteiger partial charge in [0.15, 0.2) is 0 Å². The Labute approximate surface area is 332 Å². The summed E-state index contributed by atoms with van der Waals surface area (Å²) < 4.78 is 29.6. The van der Waals surface area contributed by atoms with Gasteiger partial charge in [-0.2, -0.15) is 0 Å². The van der Waals surface area contributed by atoms with Crippen LogP contribution in [0.2, 0.25) is 0 Å². The number of cyclic esters (lactones) is 1. The van der Waals surface area contributed by atoms with E-state index >= 15 is 0 Å². The molecular weight excluding hydrogens is 722 g/mol. The number of allylic oxidation sites excluding steroid dienone is 4. The van der Waals surface area contributed by atoms with Crippen LogP contribution in [0.4, 0.5) is 0 Å². The third-order valence-electron chi connectivity index (χ3n) is 12.6. The first-order chi connectivity index (χ1) is 26.5. The molecule has 1 unspecified atom stereocenters. The molecule has 2 bridgehead atoms. The quantitative estimate of drug-likeness (QED) is 0.190. The summed E-state index contributed by atoms with van der Waals surface area (Å²) in [6.07, 6.45) is 4.23. The van der Waals surface area contributed by atoms with Crippen LogP contribution in [0, 0.1) is 29.6 Å². The van der Waals surface area contributed by atoms with Gasteiger partial charge in [0.25, 0.3) is 11.7 Å². The van der Waals surface area contributed by atoms with Crippen molar-refractivity contribution in [1.29, 1.82) is 0 Å². The molecule has 1 amide bonds. The summed E-state index contributed by atoms with van der Waals surface area (Å²) >= 11 is 0. The normalized spacial score (nSPS) is 41.3. The highest BCUT2D eigenvalue weighted by molar-refractivity contribution is 6.39. The molecule has 3 fully saturated rings. The zero-order valence-corrected chi connectivity index (χ0v) is 34.7. The van der Waals surface area contributed by atoms with E-state index in [0.717, 1.165) is 10.5 Å². The fourth-order valence-electron chi connectivity index (χ4n) is 9.26. The van der Waals surface area contributed by atoms with Gasteiger partial charge < -0.3 is 43.9 Å². The number of hydrogen-bond donors (Lipinski definition) is 3. The molecule has 13 heteroatoms. The zero-order valence-electron chi connectivity index (χ0n) is 34.7. The van der Waals surface area contributed by atoms with Crippen molar-refractivity contribution in [3.63, 3.8) is 0 Å². The molecule has 0 aromatic heterocycles. The van der Waals surface area contributed by atoms with Crippen molar-refractivity contribution in [2.24, 2.45) is 29.6 Å². The number of carbonyl (C=O) groups excluding carboxylic acids is 4. The minimum atomic E-state index is -2.51. The SMILES string of the molecule is C=CC[C@@H]1/C=C(\C)C[C@H](C)C[C@H](OC)[C@H]2O[C@@](O)(C(=O)C(=O)N3CCC[C@H]3C(=O)O[C@H](/C(C)=C/C3CC[C@@H](O)[C@H](OC)C3)[C@H](C)[C@@H](O)CC1=O)[C@H](C)C[C@@H]2OC. The van der Waals surface area contributed by atoms with E-state index in [1.54, 1.807) is 34.0 Å². The van der Waals surface area contributed by atoms with Crippen LogP contribution in [0.25, 0.3) is 0 Å². The fraction of sp³-hybridized carbons (Fsp3) is 0.767. The number of ether oxygens (including phenoxy) is 5. The van der Waals surface area contributed by atoms with Gasteiger partial charge >= 0.3 is 5.97 Å². The first kappa shape index (κ1) is 45.9. The third-order valence-corrected chi connectivity index (χ3v) is 12.6. The molecule has 1 saturated carbocycles. The lowest BCUT2D eigenvalue weighted by Gasteiger charge is -2.46. The Balaban J connectivity index is 1.76. The van der Waals surface area contributed by atoms with Gasteiger partial charge in [0.2, 0.25) is 5.79 Å². The maximum absolute atomic E-state index is 14.2. The second kappa shape index (κ2) is 20.3. The molecule has 14 atom stereocenters. The number of Topliss-reactive ketones (excluding diaryl/α,β-unsaturated/α-hetero) is 2. The summed E-state index contributed by atoms with van der Waals surface area (Å²) in [4.78, 5) is 57.3. The summed E-state index contributed by atoms with van der Waals surface area (Å²) in [6.45, 7) is 13.1. The lowest BCUT2D eigenvalue weighted by atomic mass is 9.81. The monoisotopic (exact) mass is 789 g/mol. The van der Waals surface area contributed by atoms with Crippen LogP contribution in [0.5, 0.6) is 0 Å². The van der Waals surface area contributed by atoms with Gasteiger partial charge in [-0.3, -0.25) is 14.4 Å². The van der Waals surface area contributed by atoms with E-state index in [2.05, 4.69) is 6.58 Å². The van der Waals surface area contributed by atoms with Crippen molar-refractivity contribution in [1.82, 2.24) is 4.90 Å².